The van der Waals surface area contributed by atoms with Crippen LogP contribution in [0.15, 0.2) is 18.6 Å². The van der Waals surface area contributed by atoms with Crippen molar-refractivity contribution in [2.24, 2.45) is 21.1 Å². The number of nitrogens with one attached hydrogen (secondary N) is 2. The van der Waals surface area contributed by atoms with E-state index in [4.69, 9.17) is 11.6 Å². The van der Waals surface area contributed by atoms with Crippen molar-refractivity contribution in [1.82, 2.24) is 29.3 Å². The van der Waals surface area contributed by atoms with Gasteiger partial charge >= 0.3 is 0 Å². The summed E-state index contributed by atoms with van der Waals surface area (Å²) in [5, 5.41) is 17.7. The Balaban J connectivity index is 1.86. The van der Waals surface area contributed by atoms with Gasteiger partial charge in [0.05, 0.1) is 40.7 Å². The third kappa shape index (κ3) is 3.06. The smallest absolute Gasteiger partial charge is 0.276 e. The number of carbonyl (C=O) groups excluding carboxylic acids is 2. The maximum absolute atomic E-state index is 12.7. The van der Waals surface area contributed by atoms with Gasteiger partial charge in [-0.05, 0) is 6.92 Å². The molecule has 0 unspecified atom stereocenters. The third-order valence-corrected chi connectivity index (χ3v) is 4.27. The summed E-state index contributed by atoms with van der Waals surface area (Å²) in [5.41, 5.74) is 2.01. The number of hydrogen-bond acceptors (Lipinski definition) is 5. The highest BCUT2D eigenvalue weighted by atomic mass is 35.5. The third-order valence-electron chi connectivity index (χ3n) is 3.99. The van der Waals surface area contributed by atoms with Crippen LogP contribution in [0.25, 0.3) is 0 Å². The maximum atomic E-state index is 12.7. The zero-order valence-electron chi connectivity index (χ0n) is 14.6. The molecule has 11 heteroatoms. The van der Waals surface area contributed by atoms with Gasteiger partial charge in [-0.1, -0.05) is 11.6 Å². The second-order valence-electron chi connectivity index (χ2n) is 5.67. The van der Waals surface area contributed by atoms with Crippen molar-refractivity contribution in [3.63, 3.8) is 0 Å². The minimum Gasteiger partial charge on any atom is -0.318 e. The van der Waals surface area contributed by atoms with Crippen molar-refractivity contribution in [3.8, 4) is 0 Å². The van der Waals surface area contributed by atoms with Gasteiger partial charge in [-0.2, -0.15) is 15.3 Å². The van der Waals surface area contributed by atoms with Crippen LogP contribution in [0.4, 0.5) is 11.4 Å². The van der Waals surface area contributed by atoms with Crippen molar-refractivity contribution < 1.29 is 9.59 Å². The van der Waals surface area contributed by atoms with Crippen LogP contribution in [0.2, 0.25) is 5.02 Å². The molecule has 0 aliphatic rings. The molecule has 0 bridgehead atoms. The highest BCUT2D eigenvalue weighted by molar-refractivity contribution is 6.34. The lowest BCUT2D eigenvalue weighted by Gasteiger charge is -2.09. The molecular weight excluding hydrogens is 360 g/mol. The molecule has 0 spiro atoms. The molecule has 0 radical (unpaired) electrons. The normalized spacial score (nSPS) is 10.8. The van der Waals surface area contributed by atoms with E-state index in [1.165, 1.54) is 21.8 Å². The molecule has 3 aromatic heterocycles. The minimum absolute atomic E-state index is 0.185. The van der Waals surface area contributed by atoms with Gasteiger partial charge in [-0.3, -0.25) is 23.6 Å². The summed E-state index contributed by atoms with van der Waals surface area (Å²) < 4.78 is 4.38. The van der Waals surface area contributed by atoms with E-state index in [9.17, 15) is 9.59 Å². The SMILES string of the molecule is Cc1c(NC(=O)c2c(NC(=O)c3c(Cl)cnn3C)cnn2C)cnn1C. The number of aromatic nitrogens is 6. The molecule has 0 saturated carbocycles. The molecule has 0 aliphatic carbocycles. The van der Waals surface area contributed by atoms with E-state index in [-0.39, 0.29) is 22.1 Å². The number of nitrogens with zero attached hydrogens (tertiary/aromatic N) is 6. The van der Waals surface area contributed by atoms with Gasteiger partial charge in [0, 0.05) is 21.1 Å². The quantitative estimate of drug-likeness (QED) is 0.714. The summed E-state index contributed by atoms with van der Waals surface area (Å²) in [6.45, 7) is 1.83. The Bertz CT molecular complexity index is 980. The first-order valence-electron chi connectivity index (χ1n) is 7.60. The van der Waals surface area contributed by atoms with Gasteiger partial charge < -0.3 is 10.6 Å². The van der Waals surface area contributed by atoms with Gasteiger partial charge in [0.25, 0.3) is 11.8 Å². The number of carbonyl (C=O) groups is 2. The number of aryl methyl sites for hydroxylation is 3. The number of hydrogen-bond donors (Lipinski definition) is 2. The molecule has 0 saturated heterocycles. The zero-order valence-corrected chi connectivity index (χ0v) is 15.4. The fourth-order valence-corrected chi connectivity index (χ4v) is 2.70. The van der Waals surface area contributed by atoms with E-state index in [1.54, 1.807) is 32.0 Å². The van der Waals surface area contributed by atoms with Crippen LogP contribution in [-0.4, -0.2) is 41.2 Å². The molecule has 0 aromatic carbocycles. The van der Waals surface area contributed by atoms with Crippen LogP contribution < -0.4 is 10.6 Å². The second-order valence-corrected chi connectivity index (χ2v) is 6.08. The van der Waals surface area contributed by atoms with Crippen LogP contribution in [-0.2, 0) is 21.1 Å². The molecule has 0 fully saturated rings. The topological polar surface area (TPSA) is 112 Å². The van der Waals surface area contributed by atoms with Gasteiger partial charge in [0.15, 0.2) is 0 Å². The molecule has 26 heavy (non-hydrogen) atoms. The summed E-state index contributed by atoms with van der Waals surface area (Å²) in [4.78, 5) is 25.2. The van der Waals surface area contributed by atoms with E-state index in [1.807, 2.05) is 6.92 Å². The fourth-order valence-electron chi connectivity index (χ4n) is 2.45. The van der Waals surface area contributed by atoms with Crippen molar-refractivity contribution in [3.05, 3.63) is 40.7 Å². The predicted octanol–water partition coefficient (Wildman–Crippen LogP) is 1.35. The van der Waals surface area contributed by atoms with Crippen LogP contribution in [0.5, 0.6) is 0 Å². The van der Waals surface area contributed by atoms with Gasteiger partial charge in [-0.15, -0.1) is 0 Å². The highest BCUT2D eigenvalue weighted by Gasteiger charge is 2.23. The molecule has 0 aliphatic heterocycles. The molecule has 0 atom stereocenters. The molecule has 2 N–H and O–H groups in total. The Kier molecular flexibility index (Phi) is 4.51. The first-order chi connectivity index (χ1) is 12.3. The number of halogens is 1. The van der Waals surface area contributed by atoms with E-state index < -0.39 is 11.8 Å². The monoisotopic (exact) mass is 376 g/mol. The van der Waals surface area contributed by atoms with Crippen molar-refractivity contribution in [2.45, 2.75) is 6.92 Å². The van der Waals surface area contributed by atoms with Gasteiger partial charge in [-0.25, -0.2) is 0 Å². The lowest BCUT2D eigenvalue weighted by atomic mass is 10.3. The van der Waals surface area contributed by atoms with Crippen LogP contribution >= 0.6 is 11.6 Å². The van der Waals surface area contributed by atoms with E-state index in [0.29, 0.717) is 5.69 Å². The van der Waals surface area contributed by atoms with Crippen molar-refractivity contribution in [2.75, 3.05) is 10.6 Å². The van der Waals surface area contributed by atoms with Crippen LogP contribution in [0.3, 0.4) is 0 Å². The average molecular weight is 377 g/mol. The Morgan fingerprint density at radius 3 is 1.92 bits per heavy atom. The Morgan fingerprint density at radius 2 is 1.35 bits per heavy atom. The molecule has 136 valence electrons. The maximum Gasteiger partial charge on any atom is 0.276 e. The van der Waals surface area contributed by atoms with E-state index in [2.05, 4.69) is 25.9 Å². The van der Waals surface area contributed by atoms with E-state index in [0.717, 1.165) is 5.69 Å². The highest BCUT2D eigenvalue weighted by Crippen LogP contribution is 2.21. The molecule has 2 amide bonds. The molecular formula is C15H17ClN8O2. The van der Waals surface area contributed by atoms with E-state index >= 15 is 0 Å². The standard InChI is InChI=1S/C15H17ClN8O2/c1-8-10(6-18-22(8)2)20-15(26)13-11(7-19-24(13)4)21-14(25)12-9(16)5-17-23(12)3/h5-7H,1-4H3,(H,20,26)(H,21,25). The molecule has 3 aromatic rings. The summed E-state index contributed by atoms with van der Waals surface area (Å²) >= 11 is 5.99. The van der Waals surface area contributed by atoms with Crippen LogP contribution in [0.1, 0.15) is 26.7 Å². The number of rotatable bonds is 4. The Labute approximate surface area is 153 Å². The Hall–Kier alpha value is -3.14. The zero-order chi connectivity index (χ0) is 19.0. The van der Waals surface area contributed by atoms with Crippen molar-refractivity contribution >= 4 is 34.8 Å². The summed E-state index contributed by atoms with van der Waals surface area (Å²) in [6.07, 6.45) is 4.32. The fraction of sp³-hybridized carbons (Fsp3) is 0.267. The molecule has 10 nitrogen and oxygen atoms in total. The Morgan fingerprint density at radius 1 is 0.846 bits per heavy atom. The summed E-state index contributed by atoms with van der Waals surface area (Å²) in [5.74, 6) is -0.915. The largest absolute Gasteiger partial charge is 0.318 e. The minimum atomic E-state index is -0.491. The lowest BCUT2D eigenvalue weighted by Crippen LogP contribution is -2.21. The lowest BCUT2D eigenvalue weighted by molar-refractivity contribution is 0.101. The number of anilines is 2. The average Bonchev–Trinajstić information content (AvgIpc) is 3.21. The predicted molar refractivity (Wildman–Crippen MR) is 95.3 cm³/mol. The molecule has 3 rings (SSSR count). The van der Waals surface area contributed by atoms with Crippen molar-refractivity contribution in [1.29, 1.82) is 0 Å². The molecule has 3 heterocycles. The van der Waals surface area contributed by atoms with Gasteiger partial charge in [0.1, 0.15) is 11.4 Å². The first-order valence-corrected chi connectivity index (χ1v) is 7.98. The summed E-state index contributed by atoms with van der Waals surface area (Å²) in [7, 11) is 4.99. The second kappa shape index (κ2) is 6.64. The number of amides is 2. The summed E-state index contributed by atoms with van der Waals surface area (Å²) in [6, 6.07) is 0. The first kappa shape index (κ1) is 17.7. The van der Waals surface area contributed by atoms with Gasteiger partial charge in [0.2, 0.25) is 0 Å². The van der Waals surface area contributed by atoms with Crippen LogP contribution in [0, 0.1) is 6.92 Å².